The molecule has 1 fully saturated rings. The summed E-state index contributed by atoms with van der Waals surface area (Å²) < 4.78 is 26.3. The van der Waals surface area contributed by atoms with Gasteiger partial charge in [0.25, 0.3) is 0 Å². The molecule has 1 saturated carbocycles. The Kier molecular flexibility index (Phi) is 9.56. The minimum absolute atomic E-state index is 0.0121. The van der Waals surface area contributed by atoms with E-state index in [4.69, 9.17) is 5.41 Å². The number of sulfone groups is 1. The van der Waals surface area contributed by atoms with Gasteiger partial charge in [0, 0.05) is 5.92 Å². The number of hydrogen-bond donors (Lipinski definition) is 3. The molecule has 0 aromatic heterocycles. The van der Waals surface area contributed by atoms with Gasteiger partial charge in [0.1, 0.15) is 0 Å². The number of Topliss-reactive ketones (excluding diaryl/α,β-unsaturated/α-hetero) is 1. The first-order valence-corrected chi connectivity index (χ1v) is 14.2. The van der Waals surface area contributed by atoms with Crippen LogP contribution in [0.15, 0.2) is 64.4 Å². The van der Waals surface area contributed by atoms with E-state index in [9.17, 15) is 18.0 Å². The molecule has 1 aliphatic rings. The predicted octanol–water partition coefficient (Wildman–Crippen LogP) is 4.27. The number of carbonyl (C=O) groups is 2. The van der Waals surface area contributed by atoms with Gasteiger partial charge in [-0.25, -0.2) is 8.42 Å². The van der Waals surface area contributed by atoms with Crippen LogP contribution < -0.4 is 10.6 Å². The number of benzene rings is 2. The van der Waals surface area contributed by atoms with Gasteiger partial charge in [-0.1, -0.05) is 56.5 Å². The molecule has 0 saturated heterocycles. The van der Waals surface area contributed by atoms with E-state index in [0.29, 0.717) is 12.0 Å². The Morgan fingerprint density at radius 1 is 1.00 bits per heavy atom. The van der Waals surface area contributed by atoms with Crippen molar-refractivity contribution in [1.29, 1.82) is 5.41 Å². The lowest BCUT2D eigenvalue weighted by Gasteiger charge is -2.32. The number of carbonyl (C=O) groups excluding carboxylic acids is 2. The van der Waals surface area contributed by atoms with Crippen molar-refractivity contribution in [2.24, 2.45) is 5.92 Å². The fraction of sp³-hybridized carbons (Fsp3) is 0.464. The summed E-state index contributed by atoms with van der Waals surface area (Å²) >= 11 is 0. The first kappa shape index (κ1) is 27.7. The van der Waals surface area contributed by atoms with Crippen LogP contribution in [-0.4, -0.2) is 45.0 Å². The second-order valence-corrected chi connectivity index (χ2v) is 11.5. The highest BCUT2D eigenvalue weighted by Crippen LogP contribution is 2.31. The minimum Gasteiger partial charge on any atom is -0.344 e. The molecule has 7 nitrogen and oxygen atoms in total. The molecule has 194 valence electrons. The van der Waals surface area contributed by atoms with E-state index in [1.807, 2.05) is 6.92 Å². The quantitative estimate of drug-likeness (QED) is 0.390. The van der Waals surface area contributed by atoms with Crippen molar-refractivity contribution in [2.45, 2.75) is 80.2 Å². The summed E-state index contributed by atoms with van der Waals surface area (Å²) in [5.41, 5.74) is 0.505. The highest BCUT2D eigenvalue weighted by atomic mass is 32.2. The smallest absolute Gasteiger partial charge is 0.237 e. The van der Waals surface area contributed by atoms with Gasteiger partial charge in [-0.2, -0.15) is 0 Å². The topological polar surface area (TPSA) is 116 Å². The van der Waals surface area contributed by atoms with Crippen molar-refractivity contribution >= 4 is 27.2 Å². The van der Waals surface area contributed by atoms with Crippen molar-refractivity contribution in [2.75, 3.05) is 7.05 Å². The van der Waals surface area contributed by atoms with Gasteiger partial charge in [0.05, 0.1) is 27.6 Å². The van der Waals surface area contributed by atoms with Gasteiger partial charge in [-0.3, -0.25) is 9.59 Å². The molecule has 2 aromatic carbocycles. The van der Waals surface area contributed by atoms with Crippen molar-refractivity contribution in [1.82, 2.24) is 10.6 Å². The maximum Gasteiger partial charge on any atom is 0.237 e. The van der Waals surface area contributed by atoms with Crippen LogP contribution >= 0.6 is 0 Å². The van der Waals surface area contributed by atoms with Gasteiger partial charge < -0.3 is 16.0 Å². The molecule has 8 heteroatoms. The van der Waals surface area contributed by atoms with Crippen LogP contribution in [0, 0.1) is 11.3 Å². The Hall–Kier alpha value is -2.84. The van der Waals surface area contributed by atoms with Crippen LogP contribution in [0.2, 0.25) is 0 Å². The van der Waals surface area contributed by atoms with Crippen molar-refractivity contribution < 1.29 is 18.0 Å². The highest BCUT2D eigenvalue weighted by Gasteiger charge is 2.36. The van der Waals surface area contributed by atoms with Crippen LogP contribution in [0.25, 0.3) is 0 Å². The molecule has 0 heterocycles. The molecule has 0 aliphatic heterocycles. The normalized spacial score (nSPS) is 17.1. The lowest BCUT2D eigenvalue weighted by atomic mass is 9.78. The molecule has 0 unspecified atom stereocenters. The van der Waals surface area contributed by atoms with Gasteiger partial charge in [0.2, 0.25) is 15.7 Å². The molecule has 3 N–H and O–H groups in total. The SMILES string of the molecule is CC[C@@H](C(=N)C(=O)[C@@H](NC(=O)[C@H](C)NC)C1CCCCC1)c1cccc(S(=O)(=O)c2ccccc2)c1. The van der Waals surface area contributed by atoms with Gasteiger partial charge >= 0.3 is 0 Å². The zero-order valence-corrected chi connectivity index (χ0v) is 22.1. The summed E-state index contributed by atoms with van der Waals surface area (Å²) in [5.74, 6) is -1.24. The van der Waals surface area contributed by atoms with Crippen molar-refractivity contribution in [3.8, 4) is 0 Å². The van der Waals surface area contributed by atoms with E-state index in [2.05, 4.69) is 10.6 Å². The van der Waals surface area contributed by atoms with Gasteiger partial charge in [-0.15, -0.1) is 0 Å². The molecule has 1 amide bonds. The zero-order valence-electron chi connectivity index (χ0n) is 21.3. The second kappa shape index (κ2) is 12.4. The molecule has 0 radical (unpaired) electrons. The number of rotatable bonds is 11. The summed E-state index contributed by atoms with van der Waals surface area (Å²) in [5, 5.41) is 14.7. The van der Waals surface area contributed by atoms with Crippen LogP contribution in [0.3, 0.4) is 0 Å². The Bertz CT molecular complexity index is 1170. The number of hydrogen-bond acceptors (Lipinski definition) is 6. The molecular weight excluding hydrogens is 474 g/mol. The van der Waals surface area contributed by atoms with Crippen LogP contribution in [0.4, 0.5) is 0 Å². The standard InChI is InChI=1S/C28H37N3O4S/c1-4-24(21-14-11-17-23(18-21)36(34,35)22-15-9-6-10-16-22)25(29)27(32)26(20-12-7-5-8-13-20)31-28(33)19(2)30-3/h6,9-11,14-20,24,26,29-30H,4-5,7-8,12-13H2,1-3H3,(H,31,33)/t19-,24+,26-/m0/s1. The van der Waals surface area contributed by atoms with E-state index in [1.54, 1.807) is 62.5 Å². The molecule has 1 aliphatic carbocycles. The van der Waals surface area contributed by atoms with E-state index in [1.165, 1.54) is 6.07 Å². The molecular formula is C28H37N3O4S. The fourth-order valence-electron chi connectivity index (χ4n) is 4.85. The van der Waals surface area contributed by atoms with E-state index in [0.717, 1.165) is 32.1 Å². The van der Waals surface area contributed by atoms with E-state index in [-0.39, 0.29) is 33.1 Å². The maximum absolute atomic E-state index is 13.7. The number of amides is 1. The fourth-order valence-corrected chi connectivity index (χ4v) is 6.19. The number of ketones is 1. The lowest BCUT2D eigenvalue weighted by Crippen LogP contribution is -2.53. The summed E-state index contributed by atoms with van der Waals surface area (Å²) in [7, 11) is -2.04. The van der Waals surface area contributed by atoms with Crippen molar-refractivity contribution in [3.63, 3.8) is 0 Å². The Morgan fingerprint density at radius 2 is 1.64 bits per heavy atom. The van der Waals surface area contributed by atoms with E-state index >= 15 is 0 Å². The zero-order chi connectivity index (χ0) is 26.3. The third-order valence-electron chi connectivity index (χ3n) is 7.17. The molecule has 0 spiro atoms. The highest BCUT2D eigenvalue weighted by molar-refractivity contribution is 7.91. The minimum atomic E-state index is -3.73. The average molecular weight is 512 g/mol. The first-order valence-electron chi connectivity index (χ1n) is 12.7. The third-order valence-corrected chi connectivity index (χ3v) is 8.94. The van der Waals surface area contributed by atoms with Gasteiger partial charge in [0.15, 0.2) is 5.78 Å². The van der Waals surface area contributed by atoms with Crippen LogP contribution in [0.1, 0.15) is 63.9 Å². The second-order valence-electron chi connectivity index (χ2n) is 9.52. The Balaban J connectivity index is 1.90. The first-order chi connectivity index (χ1) is 17.2. The lowest BCUT2D eigenvalue weighted by molar-refractivity contribution is -0.127. The van der Waals surface area contributed by atoms with Crippen LogP contribution in [0.5, 0.6) is 0 Å². The van der Waals surface area contributed by atoms with E-state index < -0.39 is 27.8 Å². The monoisotopic (exact) mass is 511 g/mol. The Morgan fingerprint density at radius 3 is 2.25 bits per heavy atom. The van der Waals surface area contributed by atoms with Crippen molar-refractivity contribution in [3.05, 3.63) is 60.2 Å². The molecule has 2 aromatic rings. The molecule has 3 atom stereocenters. The summed E-state index contributed by atoms with van der Waals surface area (Å²) in [6.07, 6.45) is 5.22. The molecule has 0 bridgehead atoms. The predicted molar refractivity (Wildman–Crippen MR) is 141 cm³/mol. The Labute approximate surface area is 214 Å². The summed E-state index contributed by atoms with van der Waals surface area (Å²) in [6, 6.07) is 13.5. The molecule has 3 rings (SSSR count). The number of nitrogens with one attached hydrogen (secondary N) is 3. The summed E-state index contributed by atoms with van der Waals surface area (Å²) in [4.78, 5) is 26.7. The average Bonchev–Trinajstić information content (AvgIpc) is 2.92. The molecule has 36 heavy (non-hydrogen) atoms. The van der Waals surface area contributed by atoms with Gasteiger partial charge in [-0.05, 0) is 69.0 Å². The van der Waals surface area contributed by atoms with Crippen LogP contribution in [-0.2, 0) is 19.4 Å². The third kappa shape index (κ3) is 6.28. The summed E-state index contributed by atoms with van der Waals surface area (Å²) in [6.45, 7) is 3.61. The largest absolute Gasteiger partial charge is 0.344 e. The number of likely N-dealkylation sites (N-methyl/N-ethyl adjacent to an activating group) is 1. The maximum atomic E-state index is 13.7.